The Balaban J connectivity index is 1.99. The molecule has 1 N–H and O–H groups in total. The van der Waals surface area contributed by atoms with Gasteiger partial charge in [0.2, 0.25) is 0 Å². The van der Waals surface area contributed by atoms with Crippen molar-refractivity contribution >= 4 is 6.09 Å². The van der Waals surface area contributed by atoms with Crippen molar-refractivity contribution in [3.05, 3.63) is 30.1 Å². The first kappa shape index (κ1) is 16.5. The topological polar surface area (TPSA) is 59.0 Å². The Bertz CT molecular complexity index is 512. The Morgan fingerprint density at radius 2 is 2.00 bits per heavy atom. The number of aliphatic hydroxyl groups is 1. The number of hydrogen-bond acceptors (Lipinski definition) is 4. The van der Waals surface area contributed by atoms with Crippen molar-refractivity contribution in [1.29, 1.82) is 0 Å². The molecule has 1 aliphatic heterocycles. The number of ether oxygens (including phenoxy) is 2. The summed E-state index contributed by atoms with van der Waals surface area (Å²) in [6.45, 7) is 5.56. The van der Waals surface area contributed by atoms with Crippen molar-refractivity contribution in [3.8, 4) is 5.75 Å². The normalized spacial score (nSPS) is 21.8. The standard InChI is InChI=1S/C16H22FNO4/c1-16(2,3)22-15(20)18-9-14(8-12(18)10-19)21-13-6-4-11(17)5-7-13/h4-7,12,14,19H,8-10H2,1-3H3/t12-,14-/m0/s1. The van der Waals surface area contributed by atoms with Crippen LogP contribution in [0.2, 0.25) is 0 Å². The summed E-state index contributed by atoms with van der Waals surface area (Å²) in [7, 11) is 0. The van der Waals surface area contributed by atoms with Crippen molar-refractivity contribution in [2.24, 2.45) is 0 Å². The van der Waals surface area contributed by atoms with Crippen LogP contribution in [0.5, 0.6) is 5.75 Å². The summed E-state index contributed by atoms with van der Waals surface area (Å²) in [6.07, 6.45) is -0.209. The highest BCUT2D eigenvalue weighted by molar-refractivity contribution is 5.69. The van der Waals surface area contributed by atoms with Crippen LogP contribution < -0.4 is 4.74 Å². The van der Waals surface area contributed by atoms with Gasteiger partial charge in [0.05, 0.1) is 19.2 Å². The van der Waals surface area contributed by atoms with Crippen molar-refractivity contribution in [2.75, 3.05) is 13.2 Å². The lowest BCUT2D eigenvalue weighted by atomic mass is 10.2. The fraction of sp³-hybridized carbons (Fsp3) is 0.562. The fourth-order valence-electron chi connectivity index (χ4n) is 2.38. The molecular formula is C16H22FNO4. The van der Waals surface area contributed by atoms with Gasteiger partial charge in [-0.15, -0.1) is 0 Å². The first-order chi connectivity index (χ1) is 10.3. The zero-order valence-corrected chi connectivity index (χ0v) is 13.1. The van der Waals surface area contributed by atoms with E-state index in [1.165, 1.54) is 17.0 Å². The van der Waals surface area contributed by atoms with Crippen molar-refractivity contribution in [2.45, 2.75) is 44.9 Å². The molecule has 0 spiro atoms. The minimum absolute atomic E-state index is 0.150. The van der Waals surface area contributed by atoms with E-state index in [9.17, 15) is 14.3 Å². The smallest absolute Gasteiger partial charge is 0.410 e. The zero-order chi connectivity index (χ0) is 16.3. The minimum atomic E-state index is -0.590. The lowest BCUT2D eigenvalue weighted by Crippen LogP contribution is -2.41. The largest absolute Gasteiger partial charge is 0.489 e. The molecule has 1 aromatic rings. The molecule has 0 bridgehead atoms. The number of carbonyl (C=O) groups excluding carboxylic acids is 1. The molecule has 122 valence electrons. The fourth-order valence-corrected chi connectivity index (χ4v) is 2.38. The van der Waals surface area contributed by atoms with E-state index in [2.05, 4.69) is 0 Å². The second kappa shape index (κ2) is 6.52. The molecule has 0 radical (unpaired) electrons. The third-order valence-electron chi connectivity index (χ3n) is 3.33. The number of halogens is 1. The van der Waals surface area contributed by atoms with E-state index in [1.54, 1.807) is 32.9 Å². The molecule has 1 amide bonds. The molecule has 2 rings (SSSR count). The van der Waals surface area contributed by atoms with E-state index < -0.39 is 11.7 Å². The first-order valence-electron chi connectivity index (χ1n) is 7.31. The predicted molar refractivity (Wildman–Crippen MR) is 79.2 cm³/mol. The molecule has 2 atom stereocenters. The minimum Gasteiger partial charge on any atom is -0.489 e. The van der Waals surface area contributed by atoms with E-state index in [0.29, 0.717) is 18.7 Å². The summed E-state index contributed by atoms with van der Waals surface area (Å²) in [5.74, 6) is 0.205. The van der Waals surface area contributed by atoms with Crippen LogP contribution in [-0.2, 0) is 4.74 Å². The van der Waals surface area contributed by atoms with Gasteiger partial charge in [0.25, 0.3) is 0 Å². The van der Waals surface area contributed by atoms with Gasteiger partial charge < -0.3 is 14.6 Å². The number of aliphatic hydroxyl groups excluding tert-OH is 1. The second-order valence-corrected chi connectivity index (χ2v) is 6.40. The van der Waals surface area contributed by atoms with E-state index in [1.807, 2.05) is 0 Å². The van der Waals surface area contributed by atoms with Crippen molar-refractivity contribution < 1.29 is 23.8 Å². The Morgan fingerprint density at radius 3 is 2.55 bits per heavy atom. The maximum absolute atomic E-state index is 12.9. The number of likely N-dealkylation sites (tertiary alicyclic amines) is 1. The molecule has 1 heterocycles. The summed E-state index contributed by atoms with van der Waals surface area (Å²) >= 11 is 0. The molecule has 1 saturated heterocycles. The molecule has 6 heteroatoms. The molecule has 1 fully saturated rings. The van der Waals surface area contributed by atoms with Gasteiger partial charge in [-0.2, -0.15) is 0 Å². The number of carbonyl (C=O) groups is 1. The number of benzene rings is 1. The molecule has 0 saturated carbocycles. The van der Waals surface area contributed by atoms with E-state index in [0.717, 1.165) is 0 Å². The highest BCUT2D eigenvalue weighted by Gasteiger charge is 2.38. The van der Waals surface area contributed by atoms with Gasteiger partial charge >= 0.3 is 6.09 Å². The number of hydrogen-bond donors (Lipinski definition) is 1. The third kappa shape index (κ3) is 4.34. The molecule has 0 unspecified atom stereocenters. The van der Waals surface area contributed by atoms with Crippen LogP contribution in [0.25, 0.3) is 0 Å². The third-order valence-corrected chi connectivity index (χ3v) is 3.33. The maximum Gasteiger partial charge on any atom is 0.410 e. The lowest BCUT2D eigenvalue weighted by molar-refractivity contribution is 0.0165. The van der Waals surface area contributed by atoms with Crippen molar-refractivity contribution in [1.82, 2.24) is 4.90 Å². The Morgan fingerprint density at radius 1 is 1.36 bits per heavy atom. The summed E-state index contributed by atoms with van der Waals surface area (Å²) in [5, 5.41) is 9.45. The first-order valence-corrected chi connectivity index (χ1v) is 7.31. The predicted octanol–water partition coefficient (Wildman–Crippen LogP) is 2.57. The van der Waals surface area contributed by atoms with Gasteiger partial charge in [0, 0.05) is 6.42 Å². The summed E-state index contributed by atoms with van der Waals surface area (Å²) in [5.41, 5.74) is -0.590. The molecule has 1 aromatic carbocycles. The SMILES string of the molecule is CC(C)(C)OC(=O)N1C[C@@H](Oc2ccc(F)cc2)C[C@H]1CO. The number of amides is 1. The van der Waals surface area contributed by atoms with Crippen LogP contribution >= 0.6 is 0 Å². The van der Waals surface area contributed by atoms with E-state index in [-0.39, 0.29) is 24.6 Å². The second-order valence-electron chi connectivity index (χ2n) is 6.40. The van der Waals surface area contributed by atoms with Crippen LogP contribution in [0.15, 0.2) is 24.3 Å². The molecule has 0 aromatic heterocycles. The average molecular weight is 311 g/mol. The number of nitrogens with zero attached hydrogens (tertiary/aromatic N) is 1. The van der Waals surface area contributed by atoms with E-state index in [4.69, 9.17) is 9.47 Å². The molecular weight excluding hydrogens is 289 g/mol. The van der Waals surface area contributed by atoms with Gasteiger partial charge in [0.15, 0.2) is 0 Å². The van der Waals surface area contributed by atoms with Gasteiger partial charge in [-0.1, -0.05) is 0 Å². The Hall–Kier alpha value is -1.82. The quantitative estimate of drug-likeness (QED) is 0.932. The lowest BCUT2D eigenvalue weighted by Gasteiger charge is -2.27. The van der Waals surface area contributed by atoms with Gasteiger partial charge in [0.1, 0.15) is 23.3 Å². The summed E-state index contributed by atoms with van der Waals surface area (Å²) in [4.78, 5) is 13.6. The molecule has 22 heavy (non-hydrogen) atoms. The molecule has 0 aliphatic carbocycles. The maximum atomic E-state index is 12.9. The molecule has 5 nitrogen and oxygen atoms in total. The summed E-state index contributed by atoms with van der Waals surface area (Å²) in [6, 6.07) is 5.39. The van der Waals surface area contributed by atoms with Gasteiger partial charge in [-0.25, -0.2) is 9.18 Å². The van der Waals surface area contributed by atoms with Gasteiger partial charge in [-0.3, -0.25) is 4.90 Å². The van der Waals surface area contributed by atoms with Crippen molar-refractivity contribution in [3.63, 3.8) is 0 Å². The summed E-state index contributed by atoms with van der Waals surface area (Å²) < 4.78 is 24.0. The average Bonchev–Trinajstić information content (AvgIpc) is 2.83. The van der Waals surface area contributed by atoms with Crippen LogP contribution in [0.3, 0.4) is 0 Å². The Labute approximate surface area is 129 Å². The van der Waals surface area contributed by atoms with Crippen LogP contribution in [0, 0.1) is 5.82 Å². The zero-order valence-electron chi connectivity index (χ0n) is 13.1. The van der Waals surface area contributed by atoms with Crippen LogP contribution in [0.1, 0.15) is 27.2 Å². The van der Waals surface area contributed by atoms with Crippen LogP contribution in [0.4, 0.5) is 9.18 Å². The molecule has 1 aliphatic rings. The highest BCUT2D eigenvalue weighted by atomic mass is 19.1. The monoisotopic (exact) mass is 311 g/mol. The van der Waals surface area contributed by atoms with Gasteiger partial charge in [-0.05, 0) is 45.0 Å². The van der Waals surface area contributed by atoms with E-state index >= 15 is 0 Å². The number of rotatable bonds is 3. The Kier molecular flexibility index (Phi) is 4.90. The highest BCUT2D eigenvalue weighted by Crippen LogP contribution is 2.25. The van der Waals surface area contributed by atoms with Crippen LogP contribution in [-0.4, -0.2) is 47.0 Å².